The van der Waals surface area contributed by atoms with Gasteiger partial charge in [-0.1, -0.05) is 6.07 Å². The Morgan fingerprint density at radius 2 is 2.00 bits per heavy atom. The molecule has 0 bridgehead atoms. The number of piperidine rings is 1. The van der Waals surface area contributed by atoms with E-state index in [0.29, 0.717) is 18.9 Å². The fourth-order valence-electron chi connectivity index (χ4n) is 3.18. The molecule has 1 saturated heterocycles. The number of amides is 1. The van der Waals surface area contributed by atoms with Gasteiger partial charge in [0.05, 0.1) is 17.6 Å². The van der Waals surface area contributed by atoms with E-state index in [0.717, 1.165) is 22.9 Å². The third kappa shape index (κ3) is 3.80. The molecule has 1 aliphatic heterocycles. The summed E-state index contributed by atoms with van der Waals surface area (Å²) in [7, 11) is -3.50. The molecule has 7 nitrogen and oxygen atoms in total. The van der Waals surface area contributed by atoms with Crippen LogP contribution in [-0.4, -0.2) is 48.4 Å². The van der Waals surface area contributed by atoms with Crippen molar-refractivity contribution < 1.29 is 13.2 Å². The van der Waals surface area contributed by atoms with Gasteiger partial charge in [0.1, 0.15) is 5.82 Å². The molecule has 3 N–H and O–H groups in total. The molecule has 0 atom stereocenters. The zero-order valence-corrected chi connectivity index (χ0v) is 15.9. The second-order valence-corrected chi connectivity index (χ2v) is 8.73. The lowest BCUT2D eigenvalue weighted by Gasteiger charge is -2.34. The van der Waals surface area contributed by atoms with E-state index >= 15 is 0 Å². The molecule has 2 aromatic rings. The summed E-state index contributed by atoms with van der Waals surface area (Å²) < 4.78 is 23.1. The minimum atomic E-state index is -3.50. The zero-order valence-electron chi connectivity index (χ0n) is 14.3. The quantitative estimate of drug-likeness (QED) is 0.729. The Hall–Kier alpha value is -1.64. The summed E-state index contributed by atoms with van der Waals surface area (Å²) in [4.78, 5) is 20.2. The predicted molar refractivity (Wildman–Crippen MR) is 99.6 cm³/mol. The number of carbonyl (C=O) groups excluding carboxylic acids is 1. The van der Waals surface area contributed by atoms with Gasteiger partial charge in [0, 0.05) is 6.26 Å². The maximum absolute atomic E-state index is 12.6. The van der Waals surface area contributed by atoms with E-state index in [-0.39, 0.29) is 31.8 Å². The lowest BCUT2D eigenvalue weighted by Crippen LogP contribution is -2.57. The number of nitrogens with zero attached hydrogens (tertiary/aromatic N) is 1. The van der Waals surface area contributed by atoms with Gasteiger partial charge >= 0.3 is 0 Å². The van der Waals surface area contributed by atoms with Gasteiger partial charge in [-0.3, -0.25) is 4.79 Å². The van der Waals surface area contributed by atoms with Crippen LogP contribution in [-0.2, 0) is 21.2 Å². The number of aromatic nitrogens is 2. The number of aryl methyl sites for hydroxylation is 1. The number of aromatic amines is 1. The summed E-state index contributed by atoms with van der Waals surface area (Å²) in [5.41, 5.74) is 2.84. The van der Waals surface area contributed by atoms with Crippen molar-refractivity contribution in [3.63, 3.8) is 0 Å². The molecule has 9 heteroatoms. The summed E-state index contributed by atoms with van der Waals surface area (Å²) in [5, 5.41) is 5.85. The number of sulfone groups is 1. The number of imidazole rings is 1. The van der Waals surface area contributed by atoms with Crippen LogP contribution in [0.4, 0.5) is 0 Å². The van der Waals surface area contributed by atoms with Crippen LogP contribution in [0.2, 0.25) is 0 Å². The number of nitrogens with one attached hydrogen (secondary N) is 3. The van der Waals surface area contributed by atoms with Crippen LogP contribution in [0.15, 0.2) is 18.2 Å². The van der Waals surface area contributed by atoms with E-state index in [1.165, 1.54) is 0 Å². The van der Waals surface area contributed by atoms with Crippen LogP contribution < -0.4 is 10.6 Å². The maximum Gasteiger partial charge on any atom is 0.241 e. The maximum atomic E-state index is 12.6. The minimum absolute atomic E-state index is 0. The molecule has 1 amide bonds. The normalized spacial score (nSPS) is 17.0. The molecule has 3 rings (SSSR count). The number of hydrogen-bond acceptors (Lipinski definition) is 5. The van der Waals surface area contributed by atoms with Gasteiger partial charge in [-0.2, -0.15) is 0 Å². The Morgan fingerprint density at radius 3 is 2.64 bits per heavy atom. The van der Waals surface area contributed by atoms with Crippen LogP contribution in [0.25, 0.3) is 11.0 Å². The molecule has 1 fully saturated rings. The molecular formula is C16H23ClN4O3S. The fourth-order valence-corrected chi connectivity index (χ4v) is 4.54. The third-order valence-corrected chi connectivity index (χ3v) is 6.65. The Labute approximate surface area is 153 Å². The number of hydrogen-bond donors (Lipinski definition) is 3. The van der Waals surface area contributed by atoms with Crippen molar-refractivity contribution in [1.29, 1.82) is 0 Å². The highest BCUT2D eigenvalue weighted by molar-refractivity contribution is 7.92. The first-order valence-corrected chi connectivity index (χ1v) is 9.85. The molecule has 1 aromatic heterocycles. The molecule has 0 spiro atoms. The smallest absolute Gasteiger partial charge is 0.241 e. The van der Waals surface area contributed by atoms with Crippen LogP contribution in [0.5, 0.6) is 0 Å². The van der Waals surface area contributed by atoms with Crippen molar-refractivity contribution in [1.82, 2.24) is 20.6 Å². The summed E-state index contributed by atoms with van der Waals surface area (Å²) in [5.74, 6) is 0.171. The first kappa shape index (κ1) is 19.7. The SMILES string of the molecule is Cc1ccc2nc(CNC(=O)C3(S(C)(=O)=O)CCNCC3)[nH]c2c1.Cl. The molecule has 138 valence electrons. The molecule has 1 aromatic carbocycles. The highest BCUT2D eigenvalue weighted by Gasteiger charge is 2.48. The molecule has 0 unspecified atom stereocenters. The number of fused-ring (bicyclic) bond motifs is 1. The molecule has 0 aliphatic carbocycles. The molecule has 0 saturated carbocycles. The second-order valence-electron chi connectivity index (χ2n) is 6.40. The van der Waals surface area contributed by atoms with Crippen molar-refractivity contribution in [2.45, 2.75) is 31.1 Å². The van der Waals surface area contributed by atoms with E-state index in [1.54, 1.807) is 0 Å². The first-order chi connectivity index (χ1) is 11.3. The largest absolute Gasteiger partial charge is 0.348 e. The van der Waals surface area contributed by atoms with Crippen LogP contribution >= 0.6 is 12.4 Å². The van der Waals surface area contributed by atoms with Crippen molar-refractivity contribution in [2.75, 3.05) is 19.3 Å². The van der Waals surface area contributed by atoms with Crippen molar-refractivity contribution in [3.05, 3.63) is 29.6 Å². The molecule has 1 aliphatic rings. The summed E-state index contributed by atoms with van der Waals surface area (Å²) >= 11 is 0. The minimum Gasteiger partial charge on any atom is -0.348 e. The number of rotatable bonds is 4. The molecule has 25 heavy (non-hydrogen) atoms. The zero-order chi connectivity index (χ0) is 17.4. The van der Waals surface area contributed by atoms with Crippen molar-refractivity contribution >= 4 is 39.2 Å². The topological polar surface area (TPSA) is 104 Å². The second kappa shape index (κ2) is 7.31. The van der Waals surface area contributed by atoms with Gasteiger partial charge in [0.2, 0.25) is 5.91 Å². The van der Waals surface area contributed by atoms with E-state index < -0.39 is 20.5 Å². The lowest BCUT2D eigenvalue weighted by atomic mass is 9.96. The number of benzene rings is 1. The van der Waals surface area contributed by atoms with Gasteiger partial charge in [-0.05, 0) is 50.6 Å². The third-order valence-electron chi connectivity index (χ3n) is 4.64. The highest BCUT2D eigenvalue weighted by Crippen LogP contribution is 2.28. The number of H-pyrrole nitrogens is 1. The van der Waals surface area contributed by atoms with Crippen LogP contribution in [0.3, 0.4) is 0 Å². The molecule has 0 radical (unpaired) electrons. The fraction of sp³-hybridized carbons (Fsp3) is 0.500. The van der Waals surface area contributed by atoms with Crippen molar-refractivity contribution in [3.8, 4) is 0 Å². The number of carbonyl (C=O) groups is 1. The summed E-state index contributed by atoms with van der Waals surface area (Å²) in [6.07, 6.45) is 1.72. The van der Waals surface area contributed by atoms with E-state index in [9.17, 15) is 13.2 Å². The van der Waals surface area contributed by atoms with Gasteiger partial charge in [0.25, 0.3) is 0 Å². The number of halogens is 1. The average molecular weight is 387 g/mol. The summed E-state index contributed by atoms with van der Waals surface area (Å²) in [6, 6.07) is 5.87. The van der Waals surface area contributed by atoms with Crippen molar-refractivity contribution in [2.24, 2.45) is 0 Å². The molecular weight excluding hydrogens is 364 g/mol. The van der Waals surface area contributed by atoms with Gasteiger partial charge in [-0.25, -0.2) is 13.4 Å². The Kier molecular flexibility index (Phi) is 5.75. The Balaban J connectivity index is 0.00000225. The van der Waals surface area contributed by atoms with Crippen LogP contribution in [0.1, 0.15) is 24.2 Å². The van der Waals surface area contributed by atoms with E-state index in [1.807, 2.05) is 25.1 Å². The summed E-state index contributed by atoms with van der Waals surface area (Å²) in [6.45, 7) is 3.21. The van der Waals surface area contributed by atoms with E-state index in [2.05, 4.69) is 20.6 Å². The molecule has 2 heterocycles. The average Bonchev–Trinajstić information content (AvgIpc) is 2.94. The van der Waals surface area contributed by atoms with Gasteiger partial charge < -0.3 is 15.6 Å². The first-order valence-electron chi connectivity index (χ1n) is 7.96. The lowest BCUT2D eigenvalue weighted by molar-refractivity contribution is -0.124. The van der Waals surface area contributed by atoms with Crippen LogP contribution in [0, 0.1) is 6.92 Å². The highest BCUT2D eigenvalue weighted by atomic mass is 35.5. The monoisotopic (exact) mass is 386 g/mol. The van der Waals surface area contributed by atoms with E-state index in [4.69, 9.17) is 0 Å². The Morgan fingerprint density at radius 1 is 1.32 bits per heavy atom. The predicted octanol–water partition coefficient (Wildman–Crippen LogP) is 1.08. The van der Waals surface area contributed by atoms with Gasteiger partial charge in [0.15, 0.2) is 14.6 Å². The Bertz CT molecular complexity index is 873. The standard InChI is InChI=1S/C16H22N4O3S.ClH/c1-11-3-4-12-13(9-11)20-14(19-12)10-18-15(21)16(24(2,22)23)5-7-17-8-6-16;/h3-4,9,17H,5-8,10H2,1-2H3,(H,18,21)(H,19,20);1H. The van der Waals surface area contributed by atoms with Gasteiger partial charge in [-0.15, -0.1) is 12.4 Å².